The highest BCUT2D eigenvalue weighted by molar-refractivity contribution is 5.83. The van der Waals surface area contributed by atoms with Crippen LogP contribution in [-0.2, 0) is 5.54 Å². The fourth-order valence-corrected chi connectivity index (χ4v) is 1.86. The zero-order chi connectivity index (χ0) is 11.8. The topological polar surface area (TPSA) is 26.0 Å². The SMILES string of the molecule is CC(C)C(C)(N)c1ccc2ccccc2c1. The molecule has 1 heteroatoms. The van der Waals surface area contributed by atoms with E-state index in [-0.39, 0.29) is 5.54 Å². The molecule has 84 valence electrons. The largest absolute Gasteiger partial charge is 0.321 e. The Bertz CT molecular complexity index is 498. The molecule has 2 N–H and O–H groups in total. The number of benzene rings is 2. The first-order valence-corrected chi connectivity index (χ1v) is 5.80. The molecule has 0 aliphatic heterocycles. The second kappa shape index (κ2) is 3.91. The lowest BCUT2D eigenvalue weighted by atomic mass is 9.82. The number of rotatable bonds is 2. The summed E-state index contributed by atoms with van der Waals surface area (Å²) < 4.78 is 0. The highest BCUT2D eigenvalue weighted by Gasteiger charge is 2.25. The van der Waals surface area contributed by atoms with E-state index in [2.05, 4.69) is 63.2 Å². The molecule has 0 saturated carbocycles. The van der Waals surface area contributed by atoms with Crippen molar-refractivity contribution in [1.82, 2.24) is 0 Å². The van der Waals surface area contributed by atoms with Crippen LogP contribution in [0.1, 0.15) is 26.3 Å². The van der Waals surface area contributed by atoms with Crippen molar-refractivity contribution in [3.05, 3.63) is 48.0 Å². The van der Waals surface area contributed by atoms with Gasteiger partial charge >= 0.3 is 0 Å². The van der Waals surface area contributed by atoms with Crippen LogP contribution in [0, 0.1) is 5.92 Å². The highest BCUT2D eigenvalue weighted by atomic mass is 14.7. The summed E-state index contributed by atoms with van der Waals surface area (Å²) in [5.74, 6) is 0.425. The predicted octanol–water partition coefficient (Wildman–Crippen LogP) is 3.67. The summed E-state index contributed by atoms with van der Waals surface area (Å²) in [6.07, 6.45) is 0. The lowest BCUT2D eigenvalue weighted by molar-refractivity contribution is 0.351. The smallest absolute Gasteiger partial charge is 0.0404 e. The van der Waals surface area contributed by atoms with Gasteiger partial charge in [0.1, 0.15) is 0 Å². The number of nitrogens with two attached hydrogens (primary N) is 1. The minimum atomic E-state index is -0.260. The molecule has 0 amide bonds. The molecular formula is C15H19N. The Morgan fingerprint density at radius 1 is 1.00 bits per heavy atom. The minimum Gasteiger partial charge on any atom is -0.321 e. The Labute approximate surface area is 97.3 Å². The molecule has 1 unspecified atom stereocenters. The molecule has 16 heavy (non-hydrogen) atoms. The third kappa shape index (κ3) is 1.83. The van der Waals surface area contributed by atoms with Crippen LogP contribution in [0.3, 0.4) is 0 Å². The van der Waals surface area contributed by atoms with Gasteiger partial charge in [-0.05, 0) is 35.2 Å². The van der Waals surface area contributed by atoms with Gasteiger partial charge in [-0.1, -0.05) is 50.2 Å². The maximum absolute atomic E-state index is 6.37. The molecule has 2 aromatic rings. The van der Waals surface area contributed by atoms with Crippen LogP contribution in [-0.4, -0.2) is 0 Å². The van der Waals surface area contributed by atoms with E-state index in [1.165, 1.54) is 16.3 Å². The number of hydrogen-bond donors (Lipinski definition) is 1. The van der Waals surface area contributed by atoms with Gasteiger partial charge in [-0.15, -0.1) is 0 Å². The van der Waals surface area contributed by atoms with Crippen LogP contribution in [0.25, 0.3) is 10.8 Å². The molecule has 0 heterocycles. The van der Waals surface area contributed by atoms with Gasteiger partial charge in [-0.25, -0.2) is 0 Å². The average molecular weight is 213 g/mol. The molecule has 0 aliphatic rings. The lowest BCUT2D eigenvalue weighted by Crippen LogP contribution is -2.38. The van der Waals surface area contributed by atoms with Gasteiger partial charge in [0.15, 0.2) is 0 Å². The molecule has 0 bridgehead atoms. The predicted molar refractivity (Wildman–Crippen MR) is 70.3 cm³/mol. The number of hydrogen-bond acceptors (Lipinski definition) is 1. The summed E-state index contributed by atoms with van der Waals surface area (Å²) in [5.41, 5.74) is 7.32. The molecule has 2 aromatic carbocycles. The summed E-state index contributed by atoms with van der Waals surface area (Å²) in [4.78, 5) is 0. The summed E-state index contributed by atoms with van der Waals surface area (Å²) in [7, 11) is 0. The second-order valence-corrected chi connectivity index (χ2v) is 5.00. The van der Waals surface area contributed by atoms with Crippen molar-refractivity contribution < 1.29 is 0 Å². The van der Waals surface area contributed by atoms with Crippen molar-refractivity contribution in [2.24, 2.45) is 11.7 Å². The zero-order valence-electron chi connectivity index (χ0n) is 10.2. The van der Waals surface area contributed by atoms with Gasteiger partial charge in [0.25, 0.3) is 0 Å². The van der Waals surface area contributed by atoms with E-state index in [4.69, 9.17) is 5.73 Å². The van der Waals surface area contributed by atoms with E-state index in [1.54, 1.807) is 0 Å². The minimum absolute atomic E-state index is 0.260. The van der Waals surface area contributed by atoms with E-state index in [9.17, 15) is 0 Å². The molecule has 0 aromatic heterocycles. The first kappa shape index (κ1) is 11.2. The molecule has 0 spiro atoms. The molecule has 1 nitrogen and oxygen atoms in total. The van der Waals surface area contributed by atoms with Crippen LogP contribution in [0.2, 0.25) is 0 Å². The van der Waals surface area contributed by atoms with E-state index < -0.39 is 0 Å². The monoisotopic (exact) mass is 213 g/mol. The first-order chi connectivity index (χ1) is 7.51. The van der Waals surface area contributed by atoms with Gasteiger partial charge in [-0.3, -0.25) is 0 Å². The molecule has 0 radical (unpaired) electrons. The third-order valence-electron chi connectivity index (χ3n) is 3.57. The standard InChI is InChI=1S/C15H19N/c1-11(2)15(3,16)14-9-8-12-6-4-5-7-13(12)10-14/h4-11H,16H2,1-3H3. The fraction of sp³-hybridized carbons (Fsp3) is 0.333. The van der Waals surface area contributed by atoms with E-state index >= 15 is 0 Å². The van der Waals surface area contributed by atoms with Gasteiger partial charge in [0.2, 0.25) is 0 Å². The molecule has 0 aliphatic carbocycles. The Balaban J connectivity index is 2.55. The summed E-state index contributed by atoms with van der Waals surface area (Å²) in [5, 5.41) is 2.53. The van der Waals surface area contributed by atoms with Crippen molar-refractivity contribution in [1.29, 1.82) is 0 Å². The Morgan fingerprint density at radius 3 is 2.25 bits per heavy atom. The quantitative estimate of drug-likeness (QED) is 0.809. The van der Waals surface area contributed by atoms with Crippen molar-refractivity contribution in [2.75, 3.05) is 0 Å². The Kier molecular flexibility index (Phi) is 2.73. The van der Waals surface area contributed by atoms with Gasteiger partial charge in [-0.2, -0.15) is 0 Å². The molecule has 1 atom stereocenters. The van der Waals surface area contributed by atoms with Gasteiger partial charge in [0, 0.05) is 5.54 Å². The van der Waals surface area contributed by atoms with E-state index in [0.717, 1.165) is 0 Å². The van der Waals surface area contributed by atoms with Crippen LogP contribution in [0.15, 0.2) is 42.5 Å². The lowest BCUT2D eigenvalue weighted by Gasteiger charge is -2.30. The number of fused-ring (bicyclic) bond motifs is 1. The van der Waals surface area contributed by atoms with E-state index in [1.807, 2.05) is 0 Å². The first-order valence-electron chi connectivity index (χ1n) is 5.80. The molecule has 0 saturated heterocycles. The van der Waals surface area contributed by atoms with E-state index in [0.29, 0.717) is 5.92 Å². The van der Waals surface area contributed by atoms with Gasteiger partial charge < -0.3 is 5.73 Å². The average Bonchev–Trinajstić information content (AvgIpc) is 2.28. The van der Waals surface area contributed by atoms with Crippen molar-refractivity contribution >= 4 is 10.8 Å². The summed E-state index contributed by atoms with van der Waals surface area (Å²) >= 11 is 0. The maximum Gasteiger partial charge on any atom is 0.0404 e. The van der Waals surface area contributed by atoms with Crippen LogP contribution in [0.5, 0.6) is 0 Å². The van der Waals surface area contributed by atoms with Crippen LogP contribution in [0.4, 0.5) is 0 Å². The van der Waals surface area contributed by atoms with Crippen LogP contribution < -0.4 is 5.73 Å². The zero-order valence-corrected chi connectivity index (χ0v) is 10.2. The van der Waals surface area contributed by atoms with Crippen molar-refractivity contribution in [2.45, 2.75) is 26.3 Å². The molecule has 2 rings (SSSR count). The fourth-order valence-electron chi connectivity index (χ4n) is 1.86. The maximum atomic E-state index is 6.37. The Hall–Kier alpha value is -1.34. The molecular weight excluding hydrogens is 194 g/mol. The highest BCUT2D eigenvalue weighted by Crippen LogP contribution is 2.28. The Morgan fingerprint density at radius 2 is 1.62 bits per heavy atom. The third-order valence-corrected chi connectivity index (χ3v) is 3.57. The van der Waals surface area contributed by atoms with Crippen LogP contribution >= 0.6 is 0 Å². The normalized spacial score (nSPS) is 15.3. The van der Waals surface area contributed by atoms with Crippen molar-refractivity contribution in [3.8, 4) is 0 Å². The van der Waals surface area contributed by atoms with Crippen molar-refractivity contribution in [3.63, 3.8) is 0 Å². The summed E-state index contributed by atoms with van der Waals surface area (Å²) in [6, 6.07) is 14.9. The summed E-state index contributed by atoms with van der Waals surface area (Å²) in [6.45, 7) is 6.42. The molecule has 0 fully saturated rings. The van der Waals surface area contributed by atoms with Gasteiger partial charge in [0.05, 0.1) is 0 Å². The second-order valence-electron chi connectivity index (χ2n) is 5.00.